The van der Waals surface area contributed by atoms with Gasteiger partial charge in [0, 0.05) is 43.0 Å². The summed E-state index contributed by atoms with van der Waals surface area (Å²) >= 11 is 2.25. The molecule has 0 bridgehead atoms. The Bertz CT molecular complexity index is 1290. The van der Waals surface area contributed by atoms with Gasteiger partial charge in [-0.2, -0.15) is 18.3 Å². The van der Waals surface area contributed by atoms with Gasteiger partial charge >= 0.3 is 12.2 Å². The molecule has 1 fully saturated rings. The summed E-state index contributed by atoms with van der Waals surface area (Å²) in [6, 6.07) is 8.73. The van der Waals surface area contributed by atoms with E-state index in [2.05, 4.69) is 37.8 Å². The molecule has 2 amide bonds. The van der Waals surface area contributed by atoms with Gasteiger partial charge in [-0.3, -0.25) is 0 Å². The SMILES string of the molecule is Cc1ccc(NC(=O)N2CC[C@@H](CC(F)(F)F)C2)cc1-c1cc(N[C@@H](C)CO)nc(-c2cnn(PI)c2)c1. The van der Waals surface area contributed by atoms with Crippen LogP contribution in [0, 0.1) is 12.8 Å². The van der Waals surface area contributed by atoms with E-state index in [9.17, 15) is 23.1 Å². The summed E-state index contributed by atoms with van der Waals surface area (Å²) in [7, 11) is 0. The maximum atomic E-state index is 12.8. The van der Waals surface area contributed by atoms with Crippen LogP contribution in [0.25, 0.3) is 22.4 Å². The van der Waals surface area contributed by atoms with Crippen molar-refractivity contribution in [1.29, 1.82) is 0 Å². The lowest BCUT2D eigenvalue weighted by Gasteiger charge is -2.19. The molecule has 1 unspecified atom stereocenters. The maximum absolute atomic E-state index is 12.8. The number of hydrogen-bond donors (Lipinski definition) is 3. The minimum atomic E-state index is -4.23. The number of carbonyl (C=O) groups is 1. The van der Waals surface area contributed by atoms with Crippen LogP contribution in [-0.4, -0.2) is 62.5 Å². The fourth-order valence-electron chi connectivity index (χ4n) is 4.43. The molecule has 0 saturated carbocycles. The number of rotatable bonds is 8. The Hall–Kier alpha value is -2.44. The van der Waals surface area contributed by atoms with Crippen molar-refractivity contribution in [2.75, 3.05) is 30.3 Å². The molecular formula is C25H29F3IN6O2P. The fourth-order valence-corrected chi connectivity index (χ4v) is 5.51. The van der Waals surface area contributed by atoms with Gasteiger partial charge in [0.1, 0.15) is 5.82 Å². The van der Waals surface area contributed by atoms with Crippen molar-refractivity contribution >= 4 is 46.0 Å². The zero-order valence-electron chi connectivity index (χ0n) is 20.9. The second kappa shape index (κ2) is 12.2. The quantitative estimate of drug-likeness (QED) is 0.195. The third-order valence-electron chi connectivity index (χ3n) is 6.35. The van der Waals surface area contributed by atoms with E-state index >= 15 is 0 Å². The van der Waals surface area contributed by atoms with E-state index in [-0.39, 0.29) is 19.2 Å². The van der Waals surface area contributed by atoms with Crippen molar-refractivity contribution < 1.29 is 23.1 Å². The predicted octanol–water partition coefficient (Wildman–Crippen LogP) is 6.31. The Labute approximate surface area is 233 Å². The van der Waals surface area contributed by atoms with Gasteiger partial charge < -0.3 is 20.6 Å². The van der Waals surface area contributed by atoms with Gasteiger partial charge in [-0.1, -0.05) is 6.07 Å². The molecule has 1 aliphatic rings. The van der Waals surface area contributed by atoms with Crippen LogP contribution in [0.15, 0.2) is 42.7 Å². The molecule has 0 radical (unpaired) electrons. The minimum absolute atomic E-state index is 0.0595. The van der Waals surface area contributed by atoms with E-state index in [4.69, 9.17) is 4.98 Å². The molecule has 1 aromatic carbocycles. The number of anilines is 2. The smallest absolute Gasteiger partial charge is 0.389 e. The number of likely N-dealkylation sites (tertiary alicyclic amines) is 1. The van der Waals surface area contributed by atoms with Crippen LogP contribution in [0.1, 0.15) is 25.3 Å². The molecule has 3 aromatic rings. The van der Waals surface area contributed by atoms with Crippen molar-refractivity contribution in [3.8, 4) is 22.4 Å². The molecule has 1 aliphatic heterocycles. The van der Waals surface area contributed by atoms with E-state index in [0.717, 1.165) is 22.3 Å². The predicted molar refractivity (Wildman–Crippen MR) is 153 cm³/mol. The van der Waals surface area contributed by atoms with Gasteiger partial charge in [0.15, 0.2) is 0 Å². The van der Waals surface area contributed by atoms with Crippen LogP contribution in [-0.2, 0) is 0 Å². The number of aromatic nitrogens is 3. The Kier molecular flexibility index (Phi) is 9.15. The second-order valence-corrected chi connectivity index (χ2v) is 11.6. The number of aliphatic hydroxyl groups excluding tert-OH is 1. The lowest BCUT2D eigenvalue weighted by molar-refractivity contribution is -0.143. The molecule has 3 atom stereocenters. The van der Waals surface area contributed by atoms with Gasteiger partial charge in [0.05, 0.1) is 24.9 Å². The summed E-state index contributed by atoms with van der Waals surface area (Å²) in [5.41, 5.74) is 4.79. The third-order valence-corrected chi connectivity index (χ3v) is 8.25. The van der Waals surface area contributed by atoms with Gasteiger partial charge in [-0.25, -0.2) is 14.2 Å². The molecule has 2 aromatic heterocycles. The molecule has 1 saturated heterocycles. The van der Waals surface area contributed by atoms with E-state index in [1.165, 1.54) is 4.90 Å². The van der Waals surface area contributed by atoms with Crippen molar-refractivity contribution in [2.24, 2.45) is 5.92 Å². The highest BCUT2D eigenvalue weighted by Gasteiger charge is 2.36. The first-order chi connectivity index (χ1) is 18.0. The molecule has 3 N–H and O–H groups in total. The summed E-state index contributed by atoms with van der Waals surface area (Å²) in [5, 5.41) is 19.9. The van der Waals surface area contributed by atoms with Crippen molar-refractivity contribution in [2.45, 2.75) is 38.9 Å². The molecular weight excluding hydrogens is 631 g/mol. The number of hydrogen-bond acceptors (Lipinski definition) is 5. The standard InChI is InChI=1S/C25H29F3IN6O2P/c1-15-3-4-20(32-24(37)34-6-5-17(12-34)10-25(26,27)28)9-21(15)18-7-22(19-11-30-35(13-19)38-29)33-23(8-18)31-16(2)14-36/h3-4,7-9,11,13,16-17,36,38H,5-6,10,12,14H2,1-2H3,(H,31,33)(H,32,37)/t16-,17-/m0/s1. The van der Waals surface area contributed by atoms with E-state index in [1.807, 2.05) is 48.8 Å². The van der Waals surface area contributed by atoms with Crippen LogP contribution in [0.5, 0.6) is 0 Å². The molecule has 3 heterocycles. The monoisotopic (exact) mass is 660 g/mol. The van der Waals surface area contributed by atoms with E-state index in [0.29, 0.717) is 36.5 Å². The molecule has 8 nitrogen and oxygen atoms in total. The van der Waals surface area contributed by atoms with E-state index in [1.54, 1.807) is 12.3 Å². The Morgan fingerprint density at radius 3 is 2.76 bits per heavy atom. The van der Waals surface area contributed by atoms with Crippen molar-refractivity contribution in [1.82, 2.24) is 19.4 Å². The highest BCUT2D eigenvalue weighted by atomic mass is 127. The molecule has 38 heavy (non-hydrogen) atoms. The average Bonchev–Trinajstić information content (AvgIpc) is 3.53. The topological polar surface area (TPSA) is 95.3 Å². The fraction of sp³-hybridized carbons (Fsp3) is 0.400. The number of nitrogens with zero attached hydrogens (tertiary/aromatic N) is 4. The largest absolute Gasteiger partial charge is 0.394 e. The lowest BCUT2D eigenvalue weighted by atomic mass is 9.99. The summed E-state index contributed by atoms with van der Waals surface area (Å²) < 4.78 is 40.1. The maximum Gasteiger partial charge on any atom is 0.389 e. The van der Waals surface area contributed by atoms with Gasteiger partial charge in [0.2, 0.25) is 0 Å². The number of carbonyl (C=O) groups excluding carboxylic acids is 1. The third kappa shape index (κ3) is 7.35. The first-order valence-corrected chi connectivity index (χ1v) is 16.2. The first-order valence-electron chi connectivity index (χ1n) is 12.1. The highest BCUT2D eigenvalue weighted by Crippen LogP contribution is 2.34. The summed E-state index contributed by atoms with van der Waals surface area (Å²) in [6.45, 7) is 4.13. The van der Waals surface area contributed by atoms with Crippen molar-refractivity contribution in [3.63, 3.8) is 0 Å². The number of urea groups is 1. The van der Waals surface area contributed by atoms with Gasteiger partial charge in [0.25, 0.3) is 0 Å². The van der Waals surface area contributed by atoms with Crippen LogP contribution in [0.2, 0.25) is 0 Å². The van der Waals surface area contributed by atoms with E-state index < -0.39 is 24.5 Å². The van der Waals surface area contributed by atoms with Gasteiger partial charge in [-0.05, 0) is 89.2 Å². The number of nitrogens with one attached hydrogen (secondary N) is 2. The number of halogens is 4. The highest BCUT2D eigenvalue weighted by molar-refractivity contribution is 14.2. The van der Waals surface area contributed by atoms with Crippen LogP contribution < -0.4 is 10.6 Å². The zero-order chi connectivity index (χ0) is 27.4. The minimum Gasteiger partial charge on any atom is -0.394 e. The molecule has 13 heteroatoms. The molecule has 204 valence electrons. The van der Waals surface area contributed by atoms with Crippen molar-refractivity contribution in [3.05, 3.63) is 48.3 Å². The number of aliphatic hydroxyl groups is 1. The number of benzene rings is 1. The first kappa shape index (κ1) is 28.6. The Balaban J connectivity index is 1.60. The number of amides is 2. The normalized spacial score (nSPS) is 16.8. The molecule has 4 rings (SSSR count). The summed E-state index contributed by atoms with van der Waals surface area (Å²) in [6.07, 6.45) is -0.652. The van der Waals surface area contributed by atoms with Crippen LogP contribution >= 0.6 is 28.4 Å². The summed E-state index contributed by atoms with van der Waals surface area (Å²) in [4.78, 5) is 19.0. The van der Waals surface area contributed by atoms with Crippen LogP contribution in [0.4, 0.5) is 29.5 Å². The second-order valence-electron chi connectivity index (χ2n) is 9.49. The number of pyridine rings is 1. The molecule has 0 spiro atoms. The lowest BCUT2D eigenvalue weighted by Crippen LogP contribution is -2.33. The average molecular weight is 660 g/mol. The summed E-state index contributed by atoms with van der Waals surface area (Å²) in [5.74, 6) is 0.0132. The Morgan fingerprint density at radius 1 is 1.29 bits per heavy atom. The zero-order valence-corrected chi connectivity index (χ0v) is 24.0. The van der Waals surface area contributed by atoms with Gasteiger partial charge in [-0.15, -0.1) is 0 Å². The molecule has 0 aliphatic carbocycles. The Morgan fingerprint density at radius 2 is 2.08 bits per heavy atom. The number of aryl methyl sites for hydroxylation is 1. The van der Waals surface area contributed by atoms with Crippen LogP contribution in [0.3, 0.4) is 0 Å². The number of alkyl halides is 3.